The van der Waals surface area contributed by atoms with E-state index in [-0.39, 0.29) is 6.09 Å². The van der Waals surface area contributed by atoms with Gasteiger partial charge >= 0.3 is 6.09 Å². The van der Waals surface area contributed by atoms with Gasteiger partial charge in [0.2, 0.25) is 0 Å². The van der Waals surface area contributed by atoms with E-state index < -0.39 is 5.60 Å². The van der Waals surface area contributed by atoms with Crippen molar-refractivity contribution in [2.45, 2.75) is 79.2 Å². The van der Waals surface area contributed by atoms with Crippen molar-refractivity contribution in [2.75, 3.05) is 13.1 Å². The van der Waals surface area contributed by atoms with Crippen LogP contribution in [0.4, 0.5) is 4.79 Å². The summed E-state index contributed by atoms with van der Waals surface area (Å²) < 4.78 is 11.2. The van der Waals surface area contributed by atoms with Crippen LogP contribution in [0.15, 0.2) is 28.3 Å². The zero-order valence-corrected chi connectivity index (χ0v) is 19.4. The third kappa shape index (κ3) is 5.65. The quantitative estimate of drug-likeness (QED) is 0.547. The monoisotopic (exact) mass is 412 g/mol. The molecule has 164 valence electrons. The Labute approximate surface area is 180 Å². The molecule has 30 heavy (non-hydrogen) atoms. The molecule has 1 aliphatic heterocycles. The van der Waals surface area contributed by atoms with E-state index in [0.29, 0.717) is 5.92 Å². The molecule has 1 fully saturated rings. The molecular formula is C25H36N2O3. The Morgan fingerprint density at radius 3 is 2.60 bits per heavy atom. The molecule has 1 amide bonds. The third-order valence-corrected chi connectivity index (χ3v) is 5.86. The largest absolute Gasteiger partial charge is 0.444 e. The summed E-state index contributed by atoms with van der Waals surface area (Å²) in [6, 6.07) is 4.37. The van der Waals surface area contributed by atoms with Gasteiger partial charge in [0.15, 0.2) is 5.58 Å². The highest BCUT2D eigenvalue weighted by molar-refractivity contribution is 5.83. The van der Waals surface area contributed by atoms with Crippen LogP contribution in [0, 0.1) is 12.8 Å². The molecule has 0 N–H and O–H groups in total. The van der Waals surface area contributed by atoms with Crippen LogP contribution >= 0.6 is 0 Å². The Morgan fingerprint density at radius 2 is 1.97 bits per heavy atom. The Morgan fingerprint density at radius 1 is 1.27 bits per heavy atom. The topological polar surface area (TPSA) is 55.6 Å². The van der Waals surface area contributed by atoms with E-state index in [1.807, 2.05) is 25.7 Å². The minimum atomic E-state index is -0.439. The van der Waals surface area contributed by atoms with E-state index in [9.17, 15) is 4.79 Å². The molecule has 0 unspecified atom stereocenters. The number of nitrogens with zero attached hydrogens (tertiary/aromatic N) is 2. The molecule has 3 rings (SSSR count). The highest BCUT2D eigenvalue weighted by Crippen LogP contribution is 2.29. The molecule has 0 aliphatic carbocycles. The number of amides is 1. The maximum Gasteiger partial charge on any atom is 0.410 e. The van der Waals surface area contributed by atoms with Crippen molar-refractivity contribution in [1.29, 1.82) is 0 Å². The zero-order valence-electron chi connectivity index (χ0n) is 19.4. The van der Waals surface area contributed by atoms with E-state index in [1.54, 1.807) is 0 Å². The van der Waals surface area contributed by atoms with Crippen LogP contribution in [-0.4, -0.2) is 34.8 Å². The van der Waals surface area contributed by atoms with Crippen molar-refractivity contribution in [2.24, 2.45) is 5.92 Å². The number of fused-ring (bicyclic) bond motifs is 1. The van der Waals surface area contributed by atoms with E-state index in [0.717, 1.165) is 61.9 Å². The van der Waals surface area contributed by atoms with Crippen LogP contribution in [0.5, 0.6) is 0 Å². The fourth-order valence-electron chi connectivity index (χ4n) is 4.01. The first-order valence-corrected chi connectivity index (χ1v) is 11.1. The van der Waals surface area contributed by atoms with Gasteiger partial charge in [0.25, 0.3) is 0 Å². The number of ether oxygens (including phenoxy) is 1. The van der Waals surface area contributed by atoms with Crippen LogP contribution in [0.1, 0.15) is 70.7 Å². The minimum Gasteiger partial charge on any atom is -0.444 e. The van der Waals surface area contributed by atoms with Crippen molar-refractivity contribution in [3.8, 4) is 0 Å². The van der Waals surface area contributed by atoms with E-state index in [4.69, 9.17) is 9.26 Å². The smallest absolute Gasteiger partial charge is 0.410 e. The molecule has 5 heteroatoms. The van der Waals surface area contributed by atoms with Crippen molar-refractivity contribution in [3.05, 3.63) is 40.6 Å². The molecule has 5 nitrogen and oxygen atoms in total. The summed E-state index contributed by atoms with van der Waals surface area (Å²) in [5.74, 6) is 0.605. The lowest BCUT2D eigenvalue weighted by molar-refractivity contribution is 0.0181. The first-order valence-electron chi connectivity index (χ1n) is 11.1. The van der Waals surface area contributed by atoms with E-state index in [1.165, 1.54) is 16.7 Å². The maximum absolute atomic E-state index is 12.2. The summed E-state index contributed by atoms with van der Waals surface area (Å²) >= 11 is 0. The Kier molecular flexibility index (Phi) is 6.89. The van der Waals surface area contributed by atoms with Gasteiger partial charge < -0.3 is 14.2 Å². The van der Waals surface area contributed by atoms with Gasteiger partial charge in [0.05, 0.1) is 5.69 Å². The number of likely N-dealkylation sites (tertiary alicyclic amines) is 1. The molecule has 0 saturated carbocycles. The Hall–Kier alpha value is -2.30. The molecule has 1 aromatic heterocycles. The third-order valence-electron chi connectivity index (χ3n) is 5.86. The maximum atomic E-state index is 12.2. The standard InChI is InChI=1S/C25H36N2O3/c1-17(2)7-9-20-10-11-21-22(26-30-23(21)18(20)3)12-8-19-13-15-27(16-14-19)24(28)29-25(4,5)6/h7,10-11,19H,8-9,12-16H2,1-6H3. The fraction of sp³-hybridized carbons (Fsp3) is 0.600. The lowest BCUT2D eigenvalue weighted by atomic mass is 9.91. The molecular weight excluding hydrogens is 376 g/mol. The average Bonchev–Trinajstić information content (AvgIpc) is 3.08. The second-order valence-electron chi connectivity index (χ2n) is 9.79. The second kappa shape index (κ2) is 9.23. The summed E-state index contributed by atoms with van der Waals surface area (Å²) in [6.07, 6.45) is 7.00. The Balaban J connectivity index is 1.56. The summed E-state index contributed by atoms with van der Waals surface area (Å²) in [6.45, 7) is 13.6. The highest BCUT2D eigenvalue weighted by atomic mass is 16.6. The van der Waals surface area contributed by atoms with Crippen molar-refractivity contribution >= 4 is 17.1 Å². The van der Waals surface area contributed by atoms with Crippen LogP contribution in [0.2, 0.25) is 0 Å². The minimum absolute atomic E-state index is 0.192. The van der Waals surface area contributed by atoms with Crippen molar-refractivity contribution in [1.82, 2.24) is 10.1 Å². The number of allylic oxidation sites excluding steroid dienone is 2. The number of hydrogen-bond acceptors (Lipinski definition) is 4. The van der Waals surface area contributed by atoms with E-state index in [2.05, 4.69) is 44.1 Å². The summed E-state index contributed by atoms with van der Waals surface area (Å²) in [5, 5.41) is 5.52. The zero-order chi connectivity index (χ0) is 21.9. The molecule has 0 radical (unpaired) electrons. The lowest BCUT2D eigenvalue weighted by Crippen LogP contribution is -2.41. The molecule has 1 aliphatic rings. The number of aromatic nitrogens is 1. The molecule has 2 aromatic rings. The Bertz CT molecular complexity index is 908. The van der Waals surface area contributed by atoms with Gasteiger partial charge in [0, 0.05) is 18.5 Å². The highest BCUT2D eigenvalue weighted by Gasteiger charge is 2.27. The summed E-state index contributed by atoms with van der Waals surface area (Å²) in [7, 11) is 0. The first kappa shape index (κ1) is 22.4. The van der Waals surface area contributed by atoms with Gasteiger partial charge in [-0.05, 0) is 96.8 Å². The average molecular weight is 413 g/mol. The van der Waals surface area contributed by atoms with Crippen molar-refractivity contribution < 1.29 is 14.1 Å². The molecule has 1 aromatic carbocycles. The molecule has 0 bridgehead atoms. The molecule has 0 atom stereocenters. The summed E-state index contributed by atoms with van der Waals surface area (Å²) in [4.78, 5) is 14.1. The van der Waals surface area contributed by atoms with Crippen LogP contribution in [0.3, 0.4) is 0 Å². The SMILES string of the molecule is CC(C)=CCc1ccc2c(CCC3CCN(C(=O)OC(C)(C)C)CC3)noc2c1C. The number of rotatable bonds is 5. The van der Waals surface area contributed by atoms with Crippen LogP contribution < -0.4 is 0 Å². The molecule has 2 heterocycles. The number of piperidine rings is 1. The number of aryl methyl sites for hydroxylation is 2. The van der Waals surface area contributed by atoms with E-state index >= 15 is 0 Å². The van der Waals surface area contributed by atoms with Crippen LogP contribution in [-0.2, 0) is 17.6 Å². The predicted octanol–water partition coefficient (Wildman–Crippen LogP) is 6.22. The normalized spacial score (nSPS) is 15.5. The van der Waals surface area contributed by atoms with Gasteiger partial charge in [-0.15, -0.1) is 0 Å². The first-order chi connectivity index (χ1) is 14.1. The van der Waals surface area contributed by atoms with Gasteiger partial charge in [0.1, 0.15) is 5.60 Å². The second-order valence-corrected chi connectivity index (χ2v) is 9.79. The molecule has 0 spiro atoms. The van der Waals surface area contributed by atoms with Gasteiger partial charge in [-0.2, -0.15) is 0 Å². The predicted molar refractivity (Wildman–Crippen MR) is 121 cm³/mol. The van der Waals surface area contributed by atoms with Gasteiger partial charge in [-0.25, -0.2) is 4.79 Å². The number of carbonyl (C=O) groups excluding carboxylic acids is 1. The van der Waals surface area contributed by atoms with Gasteiger partial charge in [-0.3, -0.25) is 0 Å². The van der Waals surface area contributed by atoms with Crippen LogP contribution in [0.25, 0.3) is 11.0 Å². The lowest BCUT2D eigenvalue weighted by Gasteiger charge is -2.33. The fourth-order valence-corrected chi connectivity index (χ4v) is 4.01. The summed E-state index contributed by atoms with van der Waals surface area (Å²) in [5.41, 5.74) is 5.34. The molecule has 1 saturated heterocycles. The van der Waals surface area contributed by atoms with Gasteiger partial charge in [-0.1, -0.05) is 22.9 Å². The number of benzene rings is 1. The number of hydrogen-bond donors (Lipinski definition) is 0. The van der Waals surface area contributed by atoms with Crippen molar-refractivity contribution in [3.63, 3.8) is 0 Å². The number of carbonyl (C=O) groups is 1.